The molecule has 1 heterocycles. The Bertz CT molecular complexity index is 393. The summed E-state index contributed by atoms with van der Waals surface area (Å²) >= 11 is 0. The first kappa shape index (κ1) is 22.3. The molecule has 1 atom stereocenters. The van der Waals surface area contributed by atoms with Gasteiger partial charge in [-0.25, -0.2) is 0 Å². The molecule has 0 aliphatic rings. The summed E-state index contributed by atoms with van der Waals surface area (Å²) < 4.78 is 0. The van der Waals surface area contributed by atoms with Crippen molar-refractivity contribution in [2.24, 2.45) is 0 Å². The van der Waals surface area contributed by atoms with E-state index in [1.807, 2.05) is 0 Å². The lowest BCUT2D eigenvalue weighted by atomic mass is 9.95. The second kappa shape index (κ2) is 15.5. The van der Waals surface area contributed by atoms with E-state index >= 15 is 0 Å². The van der Waals surface area contributed by atoms with Crippen LogP contribution in [0.3, 0.4) is 0 Å². The van der Waals surface area contributed by atoms with Gasteiger partial charge in [-0.05, 0) is 36.3 Å². The Labute approximate surface area is 158 Å². The predicted octanol–water partition coefficient (Wildman–Crippen LogP) is 8.55. The van der Waals surface area contributed by atoms with E-state index in [1.165, 1.54) is 103 Å². The number of unbranched alkanes of at least 4 members (excludes halogenated alkanes) is 13. The fraction of sp³-hybridized carbons (Fsp3) is 0.833. The van der Waals surface area contributed by atoms with E-state index in [9.17, 15) is 0 Å². The highest BCUT2D eigenvalue weighted by atomic mass is 14.6. The minimum Gasteiger partial charge on any atom is -0.367 e. The quantitative estimate of drug-likeness (QED) is 0.272. The summed E-state index contributed by atoms with van der Waals surface area (Å²) in [6, 6.07) is 0. The van der Waals surface area contributed by atoms with Gasteiger partial charge < -0.3 is 4.98 Å². The summed E-state index contributed by atoms with van der Waals surface area (Å²) in [5, 5.41) is 0. The number of hydrogen-bond donors (Lipinski definition) is 1. The van der Waals surface area contributed by atoms with Crippen LogP contribution in [-0.2, 0) is 6.42 Å². The van der Waals surface area contributed by atoms with Crippen molar-refractivity contribution < 1.29 is 0 Å². The smallest absolute Gasteiger partial charge is 0.00429 e. The highest BCUT2D eigenvalue weighted by Crippen LogP contribution is 2.24. The Morgan fingerprint density at radius 3 is 1.64 bits per heavy atom. The topological polar surface area (TPSA) is 15.8 Å². The Kier molecular flexibility index (Phi) is 13.9. The van der Waals surface area contributed by atoms with Crippen LogP contribution in [0.15, 0.2) is 12.4 Å². The van der Waals surface area contributed by atoms with Crippen molar-refractivity contribution in [2.75, 3.05) is 0 Å². The van der Waals surface area contributed by atoms with E-state index in [0.29, 0.717) is 5.92 Å². The summed E-state index contributed by atoms with van der Waals surface area (Å²) in [6.45, 7) is 6.93. The van der Waals surface area contributed by atoms with Gasteiger partial charge in [-0.15, -0.1) is 0 Å². The Morgan fingerprint density at radius 2 is 1.16 bits per heavy atom. The molecule has 0 amide bonds. The van der Waals surface area contributed by atoms with Gasteiger partial charge in [-0.3, -0.25) is 0 Å². The first-order valence-electron chi connectivity index (χ1n) is 11.4. The summed E-state index contributed by atoms with van der Waals surface area (Å²) in [5.41, 5.74) is 3.12. The number of nitrogens with one attached hydrogen (secondary N) is 1. The average molecular weight is 348 g/mol. The zero-order chi connectivity index (χ0) is 18.2. The SMILES string of the molecule is CCCCCCCCCCCCCCCCc1c[nH]cc1C(C)CC. The third-order valence-corrected chi connectivity index (χ3v) is 5.81. The Balaban J connectivity index is 1.87. The van der Waals surface area contributed by atoms with Crippen LogP contribution in [0.1, 0.15) is 134 Å². The predicted molar refractivity (Wildman–Crippen MR) is 114 cm³/mol. The average Bonchev–Trinajstić information content (AvgIpc) is 3.10. The van der Waals surface area contributed by atoms with Crippen molar-refractivity contribution >= 4 is 0 Å². The fourth-order valence-corrected chi connectivity index (χ4v) is 3.81. The molecule has 0 bridgehead atoms. The van der Waals surface area contributed by atoms with E-state index in [4.69, 9.17) is 0 Å². The van der Waals surface area contributed by atoms with Crippen molar-refractivity contribution in [1.29, 1.82) is 0 Å². The van der Waals surface area contributed by atoms with Gasteiger partial charge in [-0.2, -0.15) is 0 Å². The number of rotatable bonds is 17. The molecule has 0 saturated heterocycles. The molecule has 1 N–H and O–H groups in total. The van der Waals surface area contributed by atoms with Crippen molar-refractivity contribution in [3.05, 3.63) is 23.5 Å². The van der Waals surface area contributed by atoms with Gasteiger partial charge in [0.25, 0.3) is 0 Å². The van der Waals surface area contributed by atoms with Crippen LogP contribution in [0.2, 0.25) is 0 Å². The third-order valence-electron chi connectivity index (χ3n) is 5.81. The number of aromatic amines is 1. The monoisotopic (exact) mass is 347 g/mol. The molecule has 1 rings (SSSR count). The first-order chi connectivity index (χ1) is 12.3. The normalized spacial score (nSPS) is 12.6. The number of hydrogen-bond acceptors (Lipinski definition) is 0. The Morgan fingerprint density at radius 1 is 0.680 bits per heavy atom. The molecule has 1 heteroatoms. The molecule has 0 fully saturated rings. The molecule has 1 nitrogen and oxygen atoms in total. The van der Waals surface area contributed by atoms with Crippen LogP contribution >= 0.6 is 0 Å². The molecule has 0 aliphatic heterocycles. The zero-order valence-corrected chi connectivity index (χ0v) is 17.5. The Hall–Kier alpha value is -0.720. The van der Waals surface area contributed by atoms with Crippen LogP contribution in [-0.4, -0.2) is 4.98 Å². The molecule has 25 heavy (non-hydrogen) atoms. The fourth-order valence-electron chi connectivity index (χ4n) is 3.81. The zero-order valence-electron chi connectivity index (χ0n) is 17.5. The van der Waals surface area contributed by atoms with Gasteiger partial charge in [-0.1, -0.05) is 104 Å². The summed E-state index contributed by atoms with van der Waals surface area (Å²) in [6.07, 6.45) is 27.1. The van der Waals surface area contributed by atoms with Crippen molar-refractivity contribution in [3.63, 3.8) is 0 Å². The number of aryl methyl sites for hydroxylation is 1. The third kappa shape index (κ3) is 10.8. The van der Waals surface area contributed by atoms with E-state index in [-0.39, 0.29) is 0 Å². The minimum absolute atomic E-state index is 0.702. The highest BCUT2D eigenvalue weighted by molar-refractivity contribution is 5.26. The molecule has 0 spiro atoms. The molecule has 146 valence electrons. The maximum absolute atomic E-state index is 3.31. The molecule has 0 saturated carbocycles. The molecule has 1 aromatic heterocycles. The van der Waals surface area contributed by atoms with Crippen LogP contribution in [0.5, 0.6) is 0 Å². The van der Waals surface area contributed by atoms with Gasteiger partial charge in [0.15, 0.2) is 0 Å². The van der Waals surface area contributed by atoms with E-state index < -0.39 is 0 Å². The molecular weight excluding hydrogens is 302 g/mol. The standard InChI is InChI=1S/C24H45N/c1-4-6-7-8-9-10-11-12-13-14-15-16-17-18-19-23-20-25-21-24(23)22(3)5-2/h20-22,25H,4-19H2,1-3H3. The number of aromatic nitrogens is 1. The molecule has 0 radical (unpaired) electrons. The van der Waals surface area contributed by atoms with Crippen LogP contribution in [0.25, 0.3) is 0 Å². The molecule has 1 unspecified atom stereocenters. The van der Waals surface area contributed by atoms with E-state index in [2.05, 4.69) is 38.1 Å². The largest absolute Gasteiger partial charge is 0.367 e. The number of H-pyrrole nitrogens is 1. The summed E-state index contributed by atoms with van der Waals surface area (Å²) in [4.78, 5) is 3.31. The van der Waals surface area contributed by atoms with Gasteiger partial charge >= 0.3 is 0 Å². The second-order valence-electron chi connectivity index (χ2n) is 8.09. The molecular formula is C24H45N. The lowest BCUT2D eigenvalue weighted by Gasteiger charge is -2.10. The highest BCUT2D eigenvalue weighted by Gasteiger charge is 2.09. The van der Waals surface area contributed by atoms with Crippen LogP contribution < -0.4 is 0 Å². The summed E-state index contributed by atoms with van der Waals surface area (Å²) in [7, 11) is 0. The van der Waals surface area contributed by atoms with Gasteiger partial charge in [0.1, 0.15) is 0 Å². The van der Waals surface area contributed by atoms with Crippen molar-refractivity contribution in [1.82, 2.24) is 4.98 Å². The van der Waals surface area contributed by atoms with Crippen molar-refractivity contribution in [2.45, 2.75) is 129 Å². The second-order valence-corrected chi connectivity index (χ2v) is 8.09. The lowest BCUT2D eigenvalue weighted by Crippen LogP contribution is -1.95. The van der Waals surface area contributed by atoms with E-state index in [0.717, 1.165) is 0 Å². The maximum atomic E-state index is 3.31. The van der Waals surface area contributed by atoms with E-state index in [1.54, 1.807) is 11.1 Å². The first-order valence-corrected chi connectivity index (χ1v) is 11.4. The van der Waals surface area contributed by atoms with Crippen LogP contribution in [0.4, 0.5) is 0 Å². The molecule has 1 aromatic rings. The maximum Gasteiger partial charge on any atom is 0.00429 e. The van der Waals surface area contributed by atoms with Gasteiger partial charge in [0.05, 0.1) is 0 Å². The van der Waals surface area contributed by atoms with Crippen LogP contribution in [0, 0.1) is 0 Å². The minimum atomic E-state index is 0.702. The van der Waals surface area contributed by atoms with Crippen molar-refractivity contribution in [3.8, 4) is 0 Å². The van der Waals surface area contributed by atoms with Gasteiger partial charge in [0.2, 0.25) is 0 Å². The molecule has 0 aromatic carbocycles. The van der Waals surface area contributed by atoms with Gasteiger partial charge in [0, 0.05) is 12.4 Å². The lowest BCUT2D eigenvalue weighted by molar-refractivity contribution is 0.535. The summed E-state index contributed by atoms with van der Waals surface area (Å²) in [5.74, 6) is 0.702. The molecule has 0 aliphatic carbocycles.